The van der Waals surface area contributed by atoms with E-state index < -0.39 is 0 Å². The number of rotatable bonds is 7. The highest BCUT2D eigenvalue weighted by atomic mass is 16.2. The standard InChI is InChI=1S/C21H28N6O/c1-16-14-17(2)27(24-16)12-7-11-25(4)21(28)23-15-19-8-5-6-9-20(19)26-13-10-22-18(26)3/h5-6,8-10,13-14H,7,11-12,15H2,1-4H3,(H,23,28). The Kier molecular flexibility index (Phi) is 6.13. The molecule has 0 saturated heterocycles. The number of hydrogen-bond acceptors (Lipinski definition) is 3. The first-order valence-electron chi connectivity index (χ1n) is 9.54. The number of nitrogens with zero attached hydrogens (tertiary/aromatic N) is 5. The molecule has 0 spiro atoms. The molecule has 0 aliphatic carbocycles. The Morgan fingerprint density at radius 2 is 2.00 bits per heavy atom. The quantitative estimate of drug-likeness (QED) is 0.684. The van der Waals surface area contributed by atoms with Gasteiger partial charge in [-0.1, -0.05) is 18.2 Å². The van der Waals surface area contributed by atoms with E-state index in [1.165, 1.54) is 0 Å². The molecule has 0 fully saturated rings. The fourth-order valence-electron chi connectivity index (χ4n) is 3.29. The van der Waals surface area contributed by atoms with Gasteiger partial charge in [-0.05, 0) is 44.9 Å². The molecule has 0 atom stereocenters. The van der Waals surface area contributed by atoms with Gasteiger partial charge in [0.1, 0.15) is 5.82 Å². The summed E-state index contributed by atoms with van der Waals surface area (Å²) < 4.78 is 4.02. The molecule has 3 rings (SSSR count). The van der Waals surface area contributed by atoms with E-state index in [0.717, 1.165) is 41.4 Å². The zero-order valence-corrected chi connectivity index (χ0v) is 17.0. The predicted octanol–water partition coefficient (Wildman–Crippen LogP) is 3.23. The lowest BCUT2D eigenvalue weighted by atomic mass is 10.1. The first-order valence-corrected chi connectivity index (χ1v) is 9.54. The zero-order chi connectivity index (χ0) is 20.1. The minimum absolute atomic E-state index is 0.0782. The lowest BCUT2D eigenvalue weighted by Gasteiger charge is -2.19. The van der Waals surface area contributed by atoms with Crippen LogP contribution in [0.25, 0.3) is 5.69 Å². The predicted molar refractivity (Wildman–Crippen MR) is 109 cm³/mol. The van der Waals surface area contributed by atoms with Crippen LogP contribution in [-0.2, 0) is 13.1 Å². The summed E-state index contributed by atoms with van der Waals surface area (Å²) in [5.41, 5.74) is 4.25. The van der Waals surface area contributed by atoms with Crippen molar-refractivity contribution in [3.8, 4) is 5.69 Å². The molecule has 0 aliphatic heterocycles. The molecule has 0 bridgehead atoms. The van der Waals surface area contributed by atoms with Crippen molar-refractivity contribution in [3.05, 3.63) is 65.5 Å². The van der Waals surface area contributed by atoms with Gasteiger partial charge in [-0.15, -0.1) is 0 Å². The molecular weight excluding hydrogens is 352 g/mol. The Bertz CT molecular complexity index is 942. The number of aryl methyl sites for hydroxylation is 4. The number of para-hydroxylation sites is 1. The summed E-state index contributed by atoms with van der Waals surface area (Å²) in [6.07, 6.45) is 4.57. The monoisotopic (exact) mass is 380 g/mol. The van der Waals surface area contributed by atoms with Crippen molar-refractivity contribution in [2.24, 2.45) is 0 Å². The number of aromatic nitrogens is 4. The third-order valence-electron chi connectivity index (χ3n) is 4.82. The highest BCUT2D eigenvalue weighted by molar-refractivity contribution is 5.74. The van der Waals surface area contributed by atoms with E-state index in [4.69, 9.17) is 0 Å². The van der Waals surface area contributed by atoms with Gasteiger partial charge in [-0.25, -0.2) is 9.78 Å². The van der Waals surface area contributed by atoms with Gasteiger partial charge in [0.25, 0.3) is 0 Å². The van der Waals surface area contributed by atoms with Gasteiger partial charge in [0.15, 0.2) is 0 Å². The molecule has 7 heteroatoms. The molecule has 3 aromatic rings. The van der Waals surface area contributed by atoms with E-state index in [2.05, 4.69) is 28.4 Å². The van der Waals surface area contributed by atoms with Crippen molar-refractivity contribution in [2.75, 3.05) is 13.6 Å². The van der Waals surface area contributed by atoms with Crippen LogP contribution >= 0.6 is 0 Å². The molecule has 0 saturated carbocycles. The third-order valence-corrected chi connectivity index (χ3v) is 4.82. The van der Waals surface area contributed by atoms with Gasteiger partial charge in [0.05, 0.1) is 11.4 Å². The van der Waals surface area contributed by atoms with E-state index in [-0.39, 0.29) is 6.03 Å². The average molecular weight is 380 g/mol. The summed E-state index contributed by atoms with van der Waals surface area (Å²) >= 11 is 0. The molecule has 148 valence electrons. The van der Waals surface area contributed by atoms with Crippen molar-refractivity contribution in [1.82, 2.24) is 29.5 Å². The van der Waals surface area contributed by atoms with Crippen LogP contribution in [0, 0.1) is 20.8 Å². The summed E-state index contributed by atoms with van der Waals surface area (Å²) in [5.74, 6) is 0.917. The minimum atomic E-state index is -0.0782. The number of nitrogens with one attached hydrogen (secondary N) is 1. The number of urea groups is 1. The van der Waals surface area contributed by atoms with Gasteiger partial charge in [-0.3, -0.25) is 4.68 Å². The summed E-state index contributed by atoms with van der Waals surface area (Å²) in [4.78, 5) is 18.5. The molecular formula is C21H28N6O. The van der Waals surface area contributed by atoms with Crippen molar-refractivity contribution in [2.45, 2.75) is 40.3 Å². The molecule has 28 heavy (non-hydrogen) atoms. The van der Waals surface area contributed by atoms with E-state index in [0.29, 0.717) is 13.1 Å². The number of hydrogen-bond donors (Lipinski definition) is 1. The number of imidazole rings is 1. The van der Waals surface area contributed by atoms with Gasteiger partial charge in [0.2, 0.25) is 0 Å². The lowest BCUT2D eigenvalue weighted by molar-refractivity contribution is 0.207. The van der Waals surface area contributed by atoms with Crippen molar-refractivity contribution < 1.29 is 4.79 Å². The SMILES string of the molecule is Cc1cc(C)n(CCCN(C)C(=O)NCc2ccccc2-n2ccnc2C)n1. The first kappa shape index (κ1) is 19.7. The summed E-state index contributed by atoms with van der Waals surface area (Å²) in [6.45, 7) is 7.95. The van der Waals surface area contributed by atoms with Gasteiger partial charge < -0.3 is 14.8 Å². The fourth-order valence-corrected chi connectivity index (χ4v) is 3.29. The zero-order valence-electron chi connectivity index (χ0n) is 17.0. The Labute approximate surface area is 166 Å². The third kappa shape index (κ3) is 4.60. The minimum Gasteiger partial charge on any atom is -0.334 e. The highest BCUT2D eigenvalue weighted by Crippen LogP contribution is 2.16. The number of benzene rings is 1. The van der Waals surface area contributed by atoms with Gasteiger partial charge in [0, 0.05) is 44.8 Å². The van der Waals surface area contributed by atoms with Crippen LogP contribution in [0.1, 0.15) is 29.2 Å². The first-order chi connectivity index (χ1) is 13.5. The number of amides is 2. The van der Waals surface area contributed by atoms with E-state index in [9.17, 15) is 4.79 Å². The van der Waals surface area contributed by atoms with Crippen LogP contribution in [-0.4, -0.2) is 43.9 Å². The Morgan fingerprint density at radius 3 is 2.68 bits per heavy atom. The maximum absolute atomic E-state index is 12.5. The van der Waals surface area contributed by atoms with Crippen molar-refractivity contribution >= 4 is 6.03 Å². The average Bonchev–Trinajstić information content (AvgIpc) is 3.24. The van der Waals surface area contributed by atoms with E-state index in [1.807, 2.05) is 60.6 Å². The van der Waals surface area contributed by atoms with Crippen molar-refractivity contribution in [1.29, 1.82) is 0 Å². The van der Waals surface area contributed by atoms with Crippen LogP contribution < -0.4 is 5.32 Å². The van der Waals surface area contributed by atoms with E-state index in [1.54, 1.807) is 11.1 Å². The Hall–Kier alpha value is -3.09. The molecule has 2 amide bonds. The highest BCUT2D eigenvalue weighted by Gasteiger charge is 2.11. The Balaban J connectivity index is 1.53. The fraction of sp³-hybridized carbons (Fsp3) is 0.381. The molecule has 1 aromatic carbocycles. The molecule has 0 unspecified atom stereocenters. The second-order valence-corrected chi connectivity index (χ2v) is 7.06. The second-order valence-electron chi connectivity index (χ2n) is 7.06. The van der Waals surface area contributed by atoms with Gasteiger partial charge in [-0.2, -0.15) is 5.10 Å². The molecule has 1 N–H and O–H groups in total. The van der Waals surface area contributed by atoms with Crippen LogP contribution in [0.3, 0.4) is 0 Å². The summed E-state index contributed by atoms with van der Waals surface area (Å²) in [7, 11) is 1.82. The molecule has 0 radical (unpaired) electrons. The molecule has 2 heterocycles. The molecule has 7 nitrogen and oxygen atoms in total. The smallest absolute Gasteiger partial charge is 0.317 e. The summed E-state index contributed by atoms with van der Waals surface area (Å²) in [6, 6.07) is 10.0. The van der Waals surface area contributed by atoms with Gasteiger partial charge >= 0.3 is 6.03 Å². The number of carbonyl (C=O) groups excluding carboxylic acids is 1. The normalized spacial score (nSPS) is 10.9. The summed E-state index contributed by atoms with van der Waals surface area (Å²) in [5, 5.41) is 7.47. The lowest BCUT2D eigenvalue weighted by Crippen LogP contribution is -2.37. The Morgan fingerprint density at radius 1 is 1.21 bits per heavy atom. The maximum Gasteiger partial charge on any atom is 0.317 e. The van der Waals surface area contributed by atoms with E-state index >= 15 is 0 Å². The van der Waals surface area contributed by atoms with Crippen LogP contribution in [0.2, 0.25) is 0 Å². The largest absolute Gasteiger partial charge is 0.334 e. The van der Waals surface area contributed by atoms with Crippen LogP contribution in [0.4, 0.5) is 4.79 Å². The number of carbonyl (C=O) groups is 1. The van der Waals surface area contributed by atoms with Crippen LogP contribution in [0.15, 0.2) is 42.7 Å². The second kappa shape index (κ2) is 8.73. The van der Waals surface area contributed by atoms with Crippen molar-refractivity contribution in [3.63, 3.8) is 0 Å². The topological polar surface area (TPSA) is 68.0 Å². The van der Waals surface area contributed by atoms with Crippen LogP contribution in [0.5, 0.6) is 0 Å². The molecule has 0 aliphatic rings. The molecule has 2 aromatic heterocycles. The maximum atomic E-state index is 12.5.